The van der Waals surface area contributed by atoms with Gasteiger partial charge in [0.25, 0.3) is 0 Å². The Morgan fingerprint density at radius 2 is 2.11 bits per heavy atom. The van der Waals surface area contributed by atoms with Crippen LogP contribution in [-0.2, 0) is 11.2 Å². The molecule has 1 N–H and O–H groups in total. The van der Waals surface area contributed by atoms with Gasteiger partial charge in [0.15, 0.2) is 0 Å². The number of alkyl halides is 1. The number of hydrogen-bond acceptors (Lipinski definition) is 1. The van der Waals surface area contributed by atoms with Crippen LogP contribution >= 0.6 is 15.9 Å². The molecule has 0 aromatic heterocycles. The van der Waals surface area contributed by atoms with Crippen molar-refractivity contribution < 1.29 is 4.79 Å². The average molecular weight is 312 g/mol. The molecule has 1 unspecified atom stereocenters. The van der Waals surface area contributed by atoms with E-state index < -0.39 is 0 Å². The first kappa shape index (κ1) is 15.2. The molecule has 1 atom stereocenters. The van der Waals surface area contributed by atoms with Crippen LogP contribution in [0.5, 0.6) is 0 Å². The van der Waals surface area contributed by atoms with Crippen LogP contribution in [0.1, 0.15) is 31.4 Å². The maximum Gasteiger partial charge on any atom is 0.224 e. The SMILES string of the molecule is Cc1cccc(CC(=O)NCC(Br)CC(C)C)c1. The third kappa shape index (κ3) is 6.20. The maximum absolute atomic E-state index is 11.8. The molecule has 0 radical (unpaired) electrons. The molecule has 0 aliphatic rings. The van der Waals surface area contributed by atoms with Gasteiger partial charge in [-0.2, -0.15) is 0 Å². The van der Waals surface area contributed by atoms with Crippen LogP contribution in [0, 0.1) is 12.8 Å². The zero-order valence-corrected chi connectivity index (χ0v) is 13.0. The van der Waals surface area contributed by atoms with E-state index in [9.17, 15) is 4.79 Å². The van der Waals surface area contributed by atoms with Crippen molar-refractivity contribution in [1.82, 2.24) is 5.32 Å². The highest BCUT2D eigenvalue weighted by Gasteiger charge is 2.09. The summed E-state index contributed by atoms with van der Waals surface area (Å²) < 4.78 is 0. The topological polar surface area (TPSA) is 29.1 Å². The molecular formula is C15H22BrNO. The summed E-state index contributed by atoms with van der Waals surface area (Å²) in [5, 5.41) is 2.97. The van der Waals surface area contributed by atoms with Crippen LogP contribution in [0.2, 0.25) is 0 Å². The lowest BCUT2D eigenvalue weighted by Crippen LogP contribution is -2.31. The van der Waals surface area contributed by atoms with Gasteiger partial charge in [0.2, 0.25) is 5.91 Å². The van der Waals surface area contributed by atoms with Crippen molar-refractivity contribution in [1.29, 1.82) is 0 Å². The van der Waals surface area contributed by atoms with Gasteiger partial charge in [-0.3, -0.25) is 4.79 Å². The molecule has 3 heteroatoms. The number of amides is 1. The van der Waals surface area contributed by atoms with Crippen molar-refractivity contribution in [2.24, 2.45) is 5.92 Å². The van der Waals surface area contributed by atoms with E-state index in [4.69, 9.17) is 0 Å². The van der Waals surface area contributed by atoms with E-state index in [0.29, 0.717) is 23.7 Å². The molecule has 0 saturated heterocycles. The van der Waals surface area contributed by atoms with Crippen LogP contribution in [-0.4, -0.2) is 17.3 Å². The number of rotatable bonds is 6. The highest BCUT2D eigenvalue weighted by atomic mass is 79.9. The lowest BCUT2D eigenvalue weighted by atomic mass is 10.1. The fourth-order valence-electron chi connectivity index (χ4n) is 1.89. The molecule has 1 aromatic carbocycles. The Kier molecular flexibility index (Phi) is 6.41. The summed E-state index contributed by atoms with van der Waals surface area (Å²) in [6.07, 6.45) is 1.54. The van der Waals surface area contributed by atoms with E-state index in [-0.39, 0.29) is 5.91 Å². The fourth-order valence-corrected chi connectivity index (χ4v) is 2.80. The van der Waals surface area contributed by atoms with Crippen molar-refractivity contribution in [3.63, 3.8) is 0 Å². The lowest BCUT2D eigenvalue weighted by molar-refractivity contribution is -0.120. The minimum absolute atomic E-state index is 0.0915. The van der Waals surface area contributed by atoms with E-state index in [2.05, 4.69) is 41.2 Å². The van der Waals surface area contributed by atoms with E-state index >= 15 is 0 Å². The van der Waals surface area contributed by atoms with Gasteiger partial charge in [0.1, 0.15) is 0 Å². The van der Waals surface area contributed by atoms with Crippen LogP contribution in [0.3, 0.4) is 0 Å². The van der Waals surface area contributed by atoms with E-state index in [0.717, 1.165) is 12.0 Å². The molecule has 0 aliphatic carbocycles. The third-order valence-corrected chi connectivity index (χ3v) is 3.39. The van der Waals surface area contributed by atoms with Crippen LogP contribution < -0.4 is 5.32 Å². The van der Waals surface area contributed by atoms with Crippen molar-refractivity contribution in [3.05, 3.63) is 35.4 Å². The van der Waals surface area contributed by atoms with Gasteiger partial charge in [-0.1, -0.05) is 59.6 Å². The van der Waals surface area contributed by atoms with Crippen molar-refractivity contribution >= 4 is 21.8 Å². The fraction of sp³-hybridized carbons (Fsp3) is 0.533. The summed E-state index contributed by atoms with van der Waals surface area (Å²) in [7, 11) is 0. The quantitative estimate of drug-likeness (QED) is 0.801. The number of halogens is 1. The Balaban J connectivity index is 2.34. The van der Waals surface area contributed by atoms with Gasteiger partial charge in [-0.25, -0.2) is 0 Å². The first-order chi connectivity index (χ1) is 8.47. The van der Waals surface area contributed by atoms with Gasteiger partial charge in [0.05, 0.1) is 6.42 Å². The summed E-state index contributed by atoms with van der Waals surface area (Å²) in [5.41, 5.74) is 2.26. The molecule has 0 spiro atoms. The van der Waals surface area contributed by atoms with E-state index in [1.54, 1.807) is 0 Å². The van der Waals surface area contributed by atoms with Gasteiger partial charge >= 0.3 is 0 Å². The van der Waals surface area contributed by atoms with Crippen molar-refractivity contribution in [2.75, 3.05) is 6.54 Å². The van der Waals surface area contributed by atoms with E-state index in [1.807, 2.05) is 25.1 Å². The molecule has 0 fully saturated rings. The van der Waals surface area contributed by atoms with Crippen molar-refractivity contribution in [3.8, 4) is 0 Å². The van der Waals surface area contributed by atoms with Crippen LogP contribution in [0.4, 0.5) is 0 Å². The molecule has 1 rings (SSSR count). The molecule has 18 heavy (non-hydrogen) atoms. The highest BCUT2D eigenvalue weighted by Crippen LogP contribution is 2.11. The molecule has 0 aliphatic heterocycles. The monoisotopic (exact) mass is 311 g/mol. The standard InChI is InChI=1S/C15H22BrNO/c1-11(2)7-14(16)10-17-15(18)9-13-6-4-5-12(3)8-13/h4-6,8,11,14H,7,9-10H2,1-3H3,(H,17,18). The smallest absolute Gasteiger partial charge is 0.224 e. The summed E-state index contributed by atoms with van der Waals surface area (Å²) in [4.78, 5) is 12.1. The molecule has 0 heterocycles. The highest BCUT2D eigenvalue weighted by molar-refractivity contribution is 9.09. The minimum Gasteiger partial charge on any atom is -0.355 e. The third-order valence-electron chi connectivity index (χ3n) is 2.70. The second kappa shape index (κ2) is 7.57. The predicted octanol–water partition coefficient (Wildman–Crippen LogP) is 3.46. The molecule has 0 saturated carbocycles. The molecule has 100 valence electrons. The molecule has 2 nitrogen and oxygen atoms in total. The number of carbonyl (C=O) groups excluding carboxylic acids is 1. The zero-order valence-electron chi connectivity index (χ0n) is 11.4. The first-order valence-corrected chi connectivity index (χ1v) is 7.35. The Bertz CT molecular complexity index is 390. The minimum atomic E-state index is 0.0915. The van der Waals surface area contributed by atoms with Gasteiger partial charge < -0.3 is 5.32 Å². The number of aryl methyl sites for hydroxylation is 1. The van der Waals surface area contributed by atoms with Gasteiger partial charge in [-0.05, 0) is 24.8 Å². The maximum atomic E-state index is 11.8. The Labute approximate surface area is 118 Å². The van der Waals surface area contributed by atoms with Gasteiger partial charge in [-0.15, -0.1) is 0 Å². The Morgan fingerprint density at radius 3 is 2.72 bits per heavy atom. The largest absolute Gasteiger partial charge is 0.355 e. The average Bonchev–Trinajstić information content (AvgIpc) is 2.25. The zero-order chi connectivity index (χ0) is 13.5. The number of carbonyl (C=O) groups is 1. The second-order valence-electron chi connectivity index (χ2n) is 5.20. The van der Waals surface area contributed by atoms with Crippen LogP contribution in [0.15, 0.2) is 24.3 Å². The van der Waals surface area contributed by atoms with Crippen LogP contribution in [0.25, 0.3) is 0 Å². The molecule has 1 aromatic rings. The summed E-state index contributed by atoms with van der Waals surface area (Å²) in [6, 6.07) is 8.08. The van der Waals surface area contributed by atoms with E-state index in [1.165, 1.54) is 5.56 Å². The molecular weight excluding hydrogens is 290 g/mol. The lowest BCUT2D eigenvalue weighted by Gasteiger charge is -2.13. The van der Waals surface area contributed by atoms with Crippen molar-refractivity contribution in [2.45, 2.75) is 38.4 Å². The predicted molar refractivity (Wildman–Crippen MR) is 80.1 cm³/mol. The molecule has 1 amide bonds. The number of nitrogens with one attached hydrogen (secondary N) is 1. The summed E-state index contributed by atoms with van der Waals surface area (Å²) in [6.45, 7) is 7.10. The first-order valence-electron chi connectivity index (χ1n) is 6.43. The molecule has 0 bridgehead atoms. The Morgan fingerprint density at radius 1 is 1.39 bits per heavy atom. The second-order valence-corrected chi connectivity index (χ2v) is 6.49. The number of benzene rings is 1. The normalized spacial score (nSPS) is 12.5. The summed E-state index contributed by atoms with van der Waals surface area (Å²) in [5.74, 6) is 0.733. The van der Waals surface area contributed by atoms with Gasteiger partial charge in [0, 0.05) is 11.4 Å². The summed E-state index contributed by atoms with van der Waals surface area (Å²) >= 11 is 3.59. The Hall–Kier alpha value is -0.830. The number of hydrogen-bond donors (Lipinski definition) is 1.